The van der Waals surface area contributed by atoms with Crippen molar-refractivity contribution in [2.45, 2.75) is 65.9 Å². The van der Waals surface area contributed by atoms with E-state index in [1.54, 1.807) is 59.5 Å². The quantitative estimate of drug-likeness (QED) is 0.151. The molecule has 0 bridgehead atoms. The number of carbonyl (C=O) groups is 3. The van der Waals surface area contributed by atoms with E-state index >= 15 is 0 Å². The fraction of sp³-hybridized carbons (Fsp3) is 0.400. The summed E-state index contributed by atoms with van der Waals surface area (Å²) in [7, 11) is 1.61. The highest BCUT2D eigenvalue weighted by Crippen LogP contribution is 2.45. The number of fused-ring (bicyclic) bond motifs is 2. The minimum Gasteiger partial charge on any atom is -0.497 e. The number of aromatic nitrogens is 3. The Balaban J connectivity index is 1.46. The summed E-state index contributed by atoms with van der Waals surface area (Å²) in [6, 6.07) is 11.2. The number of benzene rings is 2. The van der Waals surface area contributed by atoms with Gasteiger partial charge in [0.1, 0.15) is 35.0 Å². The van der Waals surface area contributed by atoms with Crippen LogP contribution >= 0.6 is 0 Å². The molecule has 0 aliphatic heterocycles. The third-order valence-electron chi connectivity index (χ3n) is 7.19. The van der Waals surface area contributed by atoms with E-state index in [-0.39, 0.29) is 25.5 Å². The van der Waals surface area contributed by atoms with Crippen LogP contribution in [0, 0.1) is 0 Å². The van der Waals surface area contributed by atoms with E-state index in [4.69, 9.17) is 24.0 Å². The third kappa shape index (κ3) is 7.96. The van der Waals surface area contributed by atoms with Gasteiger partial charge in [-0.05, 0) is 71.4 Å². The molecule has 2 aromatic carbocycles. The SMILES string of the molecule is COc1ccc(COc2cncc3c2-c2nn(CCNC(=O)OC(C)(C)C)c4ccc(NCCNC(=O)OC(C)(C)C)c(c24)C3=O)cc1. The predicted octanol–water partition coefficient (Wildman–Crippen LogP) is 5.69. The third-order valence-corrected chi connectivity index (χ3v) is 7.19. The summed E-state index contributed by atoms with van der Waals surface area (Å²) in [6.07, 6.45) is 2.05. The molecule has 2 amide bonds. The van der Waals surface area contributed by atoms with Crippen LogP contribution in [0.2, 0.25) is 0 Å². The van der Waals surface area contributed by atoms with Crippen LogP contribution in [0.25, 0.3) is 22.2 Å². The summed E-state index contributed by atoms with van der Waals surface area (Å²) in [4.78, 5) is 43.0. The molecule has 0 fully saturated rings. The monoisotopic (exact) mass is 658 g/mol. The number of ketones is 1. The van der Waals surface area contributed by atoms with Gasteiger partial charge < -0.3 is 34.9 Å². The van der Waals surface area contributed by atoms with Crippen molar-refractivity contribution in [3.05, 3.63) is 65.5 Å². The average Bonchev–Trinajstić information content (AvgIpc) is 3.38. The summed E-state index contributed by atoms with van der Waals surface area (Å²) in [5, 5.41) is 14.4. The number of alkyl carbamates (subject to hydrolysis) is 2. The Kier molecular flexibility index (Phi) is 9.78. The molecule has 0 unspecified atom stereocenters. The van der Waals surface area contributed by atoms with Gasteiger partial charge in [-0.1, -0.05) is 12.1 Å². The molecule has 5 rings (SSSR count). The van der Waals surface area contributed by atoms with Crippen LogP contribution in [0.15, 0.2) is 48.8 Å². The molecule has 0 saturated carbocycles. The Bertz CT molecular complexity index is 1820. The fourth-order valence-electron chi connectivity index (χ4n) is 5.24. The number of hydrogen-bond acceptors (Lipinski definition) is 10. The van der Waals surface area contributed by atoms with Gasteiger partial charge in [0.05, 0.1) is 42.1 Å². The standard InChI is InChI=1S/C35H42N6O7/c1-34(2,3)47-32(43)38-15-14-37-24-12-13-25-29-28(24)31(42)23-18-36-19-26(46-20-21-8-10-22(45-7)11-9-21)27(23)30(29)40-41(25)17-16-39-33(44)48-35(4,5)6/h8-13,18-19,37H,14-17,20H2,1-7H3,(H,38,43)(H,39,44). The van der Waals surface area contributed by atoms with E-state index in [0.29, 0.717) is 57.8 Å². The topological polar surface area (TPSA) is 155 Å². The summed E-state index contributed by atoms with van der Waals surface area (Å²) in [5.74, 6) is 0.916. The van der Waals surface area contributed by atoms with E-state index in [9.17, 15) is 14.4 Å². The molecule has 0 spiro atoms. The maximum absolute atomic E-state index is 14.2. The zero-order chi connectivity index (χ0) is 34.6. The van der Waals surface area contributed by atoms with Crippen molar-refractivity contribution >= 4 is 34.6 Å². The summed E-state index contributed by atoms with van der Waals surface area (Å²) >= 11 is 0. The first-order valence-electron chi connectivity index (χ1n) is 15.7. The van der Waals surface area contributed by atoms with E-state index in [2.05, 4.69) is 20.9 Å². The lowest BCUT2D eigenvalue weighted by Gasteiger charge is -2.21. The van der Waals surface area contributed by atoms with Crippen LogP contribution in [0.4, 0.5) is 15.3 Å². The first-order chi connectivity index (χ1) is 22.7. The number of pyridine rings is 1. The van der Waals surface area contributed by atoms with E-state index in [1.165, 1.54) is 6.20 Å². The van der Waals surface area contributed by atoms with Crippen LogP contribution in [0.3, 0.4) is 0 Å². The van der Waals surface area contributed by atoms with Crippen molar-refractivity contribution < 1.29 is 33.3 Å². The molecule has 4 aromatic rings. The molecule has 1 aliphatic rings. The Morgan fingerprint density at radius 2 is 1.50 bits per heavy atom. The Labute approximate surface area is 279 Å². The predicted molar refractivity (Wildman–Crippen MR) is 181 cm³/mol. The minimum atomic E-state index is -0.630. The maximum Gasteiger partial charge on any atom is 0.407 e. The lowest BCUT2D eigenvalue weighted by atomic mass is 9.87. The number of methoxy groups -OCH3 is 1. The van der Waals surface area contributed by atoms with Gasteiger partial charge in [0.2, 0.25) is 0 Å². The molecule has 0 saturated heterocycles. The van der Waals surface area contributed by atoms with Crippen molar-refractivity contribution in [2.75, 3.05) is 32.1 Å². The van der Waals surface area contributed by atoms with E-state index in [0.717, 1.165) is 11.3 Å². The molecular formula is C35H42N6O7. The molecule has 2 heterocycles. The van der Waals surface area contributed by atoms with Crippen LogP contribution in [-0.2, 0) is 22.6 Å². The Hall–Kier alpha value is -5.33. The molecule has 3 N–H and O–H groups in total. The molecule has 0 atom stereocenters. The highest BCUT2D eigenvalue weighted by Gasteiger charge is 2.34. The summed E-state index contributed by atoms with van der Waals surface area (Å²) in [6.45, 7) is 12.2. The van der Waals surface area contributed by atoms with Crippen molar-refractivity contribution in [3.8, 4) is 22.8 Å². The van der Waals surface area contributed by atoms with Crippen LogP contribution in [0.1, 0.15) is 63.0 Å². The van der Waals surface area contributed by atoms with Gasteiger partial charge in [-0.3, -0.25) is 14.5 Å². The molecule has 13 heteroatoms. The number of hydrogen-bond donors (Lipinski definition) is 3. The number of nitrogens with zero attached hydrogens (tertiary/aromatic N) is 3. The zero-order valence-corrected chi connectivity index (χ0v) is 28.4. The Morgan fingerprint density at radius 3 is 2.15 bits per heavy atom. The number of rotatable bonds is 11. The van der Waals surface area contributed by atoms with Crippen LogP contribution in [0.5, 0.6) is 11.5 Å². The molecule has 2 aromatic heterocycles. The lowest BCUT2D eigenvalue weighted by molar-refractivity contribution is 0.0516. The van der Waals surface area contributed by atoms with Gasteiger partial charge in [-0.25, -0.2) is 9.59 Å². The van der Waals surface area contributed by atoms with Gasteiger partial charge >= 0.3 is 12.2 Å². The van der Waals surface area contributed by atoms with Crippen molar-refractivity contribution in [2.24, 2.45) is 0 Å². The summed E-state index contributed by atoms with van der Waals surface area (Å²) < 4.78 is 24.0. The second kappa shape index (κ2) is 13.8. The van der Waals surface area contributed by atoms with Gasteiger partial charge in [-0.2, -0.15) is 5.10 Å². The highest BCUT2D eigenvalue weighted by molar-refractivity contribution is 6.28. The van der Waals surface area contributed by atoms with Crippen LogP contribution in [-0.4, -0.2) is 70.7 Å². The van der Waals surface area contributed by atoms with Crippen molar-refractivity contribution in [3.63, 3.8) is 0 Å². The number of amides is 2. The van der Waals surface area contributed by atoms with Gasteiger partial charge in [-0.15, -0.1) is 0 Å². The number of anilines is 1. The van der Waals surface area contributed by atoms with Crippen molar-refractivity contribution in [1.29, 1.82) is 0 Å². The fourth-order valence-corrected chi connectivity index (χ4v) is 5.24. The van der Waals surface area contributed by atoms with E-state index < -0.39 is 23.4 Å². The van der Waals surface area contributed by atoms with Crippen molar-refractivity contribution in [1.82, 2.24) is 25.4 Å². The largest absolute Gasteiger partial charge is 0.497 e. The molecule has 0 radical (unpaired) electrons. The lowest BCUT2D eigenvalue weighted by Crippen LogP contribution is -2.35. The molecular weight excluding hydrogens is 616 g/mol. The maximum atomic E-state index is 14.2. The second-order valence-corrected chi connectivity index (χ2v) is 13.3. The molecule has 1 aliphatic carbocycles. The first kappa shape index (κ1) is 34.0. The van der Waals surface area contributed by atoms with Crippen LogP contribution < -0.4 is 25.4 Å². The van der Waals surface area contributed by atoms with E-state index in [1.807, 2.05) is 36.4 Å². The number of ether oxygens (including phenoxy) is 4. The highest BCUT2D eigenvalue weighted by atomic mass is 16.6. The minimum absolute atomic E-state index is 0.235. The smallest absolute Gasteiger partial charge is 0.407 e. The second-order valence-electron chi connectivity index (χ2n) is 13.3. The summed E-state index contributed by atoms with van der Waals surface area (Å²) in [5.41, 5.74) is 2.86. The molecule has 48 heavy (non-hydrogen) atoms. The van der Waals surface area contributed by atoms with Gasteiger partial charge in [0.25, 0.3) is 0 Å². The molecule has 254 valence electrons. The molecule has 13 nitrogen and oxygen atoms in total. The zero-order valence-electron chi connectivity index (χ0n) is 28.4. The normalized spacial score (nSPS) is 12.3. The first-order valence-corrected chi connectivity index (χ1v) is 15.7. The number of carbonyl (C=O) groups excluding carboxylic acids is 3. The average molecular weight is 659 g/mol. The van der Waals surface area contributed by atoms with Gasteiger partial charge in [0, 0.05) is 36.9 Å². The Morgan fingerprint density at radius 1 is 0.833 bits per heavy atom. The number of nitrogens with one attached hydrogen (secondary N) is 3. The van der Waals surface area contributed by atoms with Gasteiger partial charge in [0.15, 0.2) is 5.78 Å².